The Kier molecular flexibility index (Phi) is 15.7. The number of hydrogen-bond acceptors (Lipinski definition) is 3. The molecule has 0 aromatic carbocycles. The van der Waals surface area contributed by atoms with Gasteiger partial charge in [-0.05, 0) is 66.5 Å². The zero-order valence-corrected chi connectivity index (χ0v) is 15.5. The second-order valence-corrected chi connectivity index (χ2v) is 5.67. The van der Waals surface area contributed by atoms with Crippen LogP contribution in [-0.4, -0.2) is 26.2 Å². The van der Waals surface area contributed by atoms with Crippen molar-refractivity contribution in [1.29, 1.82) is 0 Å². The lowest BCUT2D eigenvalue weighted by molar-refractivity contribution is -0.141. The first kappa shape index (κ1) is 23.2. The van der Waals surface area contributed by atoms with Crippen LogP contribution in [0.25, 0.3) is 0 Å². The van der Waals surface area contributed by atoms with E-state index in [4.69, 9.17) is 4.74 Å². The van der Waals surface area contributed by atoms with Crippen LogP contribution in [0.1, 0.15) is 53.4 Å². The molecule has 0 saturated carbocycles. The van der Waals surface area contributed by atoms with Gasteiger partial charge in [0.25, 0.3) is 0 Å². The maximum Gasteiger partial charge on any atom is 0.320 e. The van der Waals surface area contributed by atoms with E-state index in [9.17, 15) is 4.79 Å². The minimum absolute atomic E-state index is 0. The van der Waals surface area contributed by atoms with Gasteiger partial charge >= 0.3 is 5.97 Å². The molecule has 0 radical (unpaired) electrons. The topological polar surface area (TPSA) is 38.3 Å². The van der Waals surface area contributed by atoms with Crippen molar-refractivity contribution < 1.29 is 9.53 Å². The summed E-state index contributed by atoms with van der Waals surface area (Å²) in [5, 5.41) is 2.77. The van der Waals surface area contributed by atoms with Crippen LogP contribution in [-0.2, 0) is 9.53 Å². The third kappa shape index (κ3) is 15.3. The van der Waals surface area contributed by atoms with E-state index < -0.39 is 0 Å². The maximum atomic E-state index is 11.1. The fourth-order valence-corrected chi connectivity index (χ4v) is 1.81. The standard InChI is InChI=1S/C18H31NO2.ClH/c1-15(2)8-6-9-16(3)10-7-11-17(4)12-13-21-18(20)14-19-5;/h8,10,12,19H,6-7,9,11,13-14H2,1-5H3;1H/b16-10+,17-12+;. The highest BCUT2D eigenvalue weighted by atomic mass is 35.5. The predicted molar refractivity (Wildman–Crippen MR) is 97.5 cm³/mol. The molecular formula is C18H32ClNO2. The fourth-order valence-electron chi connectivity index (χ4n) is 1.81. The molecule has 0 amide bonds. The highest BCUT2D eigenvalue weighted by Gasteiger charge is 1.98. The molecule has 0 aliphatic carbocycles. The van der Waals surface area contributed by atoms with E-state index >= 15 is 0 Å². The molecule has 0 heterocycles. The van der Waals surface area contributed by atoms with Crippen LogP contribution in [0.15, 0.2) is 34.9 Å². The Bertz CT molecular complexity index is 394. The SMILES string of the molecule is CNCC(=O)OC/C=C(\C)CC/C=C(\C)CCC=C(C)C.Cl. The molecule has 0 aromatic rings. The van der Waals surface area contributed by atoms with E-state index in [1.54, 1.807) is 7.05 Å². The molecule has 0 saturated heterocycles. The highest BCUT2D eigenvalue weighted by molar-refractivity contribution is 5.85. The summed E-state index contributed by atoms with van der Waals surface area (Å²) in [6.07, 6.45) is 10.9. The number of carbonyl (C=O) groups excluding carboxylic acids is 1. The zero-order valence-electron chi connectivity index (χ0n) is 14.7. The number of allylic oxidation sites excluding steroid dienone is 5. The van der Waals surface area contributed by atoms with Crippen LogP contribution < -0.4 is 5.32 Å². The third-order valence-corrected chi connectivity index (χ3v) is 3.12. The van der Waals surface area contributed by atoms with Gasteiger partial charge in [0.15, 0.2) is 0 Å². The quantitative estimate of drug-likeness (QED) is 0.470. The second kappa shape index (κ2) is 14.9. The highest BCUT2D eigenvalue weighted by Crippen LogP contribution is 2.11. The van der Waals surface area contributed by atoms with Crippen molar-refractivity contribution in [3.63, 3.8) is 0 Å². The zero-order chi connectivity index (χ0) is 16.1. The molecular weight excluding hydrogens is 298 g/mol. The molecule has 128 valence electrons. The van der Waals surface area contributed by atoms with Gasteiger partial charge in [-0.2, -0.15) is 0 Å². The van der Waals surface area contributed by atoms with Crippen molar-refractivity contribution >= 4 is 18.4 Å². The van der Waals surface area contributed by atoms with Crippen LogP contribution in [0.2, 0.25) is 0 Å². The molecule has 0 fully saturated rings. The lowest BCUT2D eigenvalue weighted by Crippen LogP contribution is -2.20. The smallest absolute Gasteiger partial charge is 0.320 e. The van der Waals surface area contributed by atoms with Gasteiger partial charge in [0, 0.05) is 0 Å². The number of rotatable bonds is 10. The average molecular weight is 330 g/mol. The number of esters is 1. The van der Waals surface area contributed by atoms with Crippen molar-refractivity contribution in [2.45, 2.75) is 53.4 Å². The molecule has 3 nitrogen and oxygen atoms in total. The molecule has 0 aliphatic rings. The number of hydrogen-bond donors (Lipinski definition) is 1. The van der Waals surface area contributed by atoms with Gasteiger partial charge in [-0.25, -0.2) is 0 Å². The summed E-state index contributed by atoms with van der Waals surface area (Å²) in [7, 11) is 1.73. The van der Waals surface area contributed by atoms with Gasteiger partial charge in [0.2, 0.25) is 0 Å². The molecule has 0 unspecified atom stereocenters. The number of likely N-dealkylation sites (N-methyl/N-ethyl adjacent to an activating group) is 1. The summed E-state index contributed by atoms with van der Waals surface area (Å²) in [5.74, 6) is -0.212. The minimum Gasteiger partial charge on any atom is -0.460 e. The minimum atomic E-state index is -0.212. The van der Waals surface area contributed by atoms with Gasteiger partial charge in [-0.1, -0.05) is 28.9 Å². The van der Waals surface area contributed by atoms with Crippen molar-refractivity contribution in [3.05, 3.63) is 34.9 Å². The van der Waals surface area contributed by atoms with Crippen LogP contribution in [0.3, 0.4) is 0 Å². The molecule has 22 heavy (non-hydrogen) atoms. The maximum absolute atomic E-state index is 11.1. The summed E-state index contributed by atoms with van der Waals surface area (Å²) < 4.78 is 5.06. The first-order chi connectivity index (χ1) is 9.95. The monoisotopic (exact) mass is 329 g/mol. The van der Waals surface area contributed by atoms with Crippen molar-refractivity contribution in [3.8, 4) is 0 Å². The van der Waals surface area contributed by atoms with E-state index in [2.05, 4.69) is 45.2 Å². The molecule has 0 atom stereocenters. The summed E-state index contributed by atoms with van der Waals surface area (Å²) in [6.45, 7) is 9.18. The number of carbonyl (C=O) groups is 1. The summed E-state index contributed by atoms with van der Waals surface area (Å²) in [6, 6.07) is 0. The molecule has 0 aliphatic heterocycles. The van der Waals surface area contributed by atoms with Gasteiger partial charge in [-0.3, -0.25) is 4.79 Å². The van der Waals surface area contributed by atoms with E-state index in [1.165, 1.54) is 16.7 Å². The van der Waals surface area contributed by atoms with E-state index in [-0.39, 0.29) is 24.9 Å². The summed E-state index contributed by atoms with van der Waals surface area (Å²) >= 11 is 0. The Morgan fingerprint density at radius 2 is 1.50 bits per heavy atom. The van der Waals surface area contributed by atoms with Gasteiger partial charge < -0.3 is 10.1 Å². The van der Waals surface area contributed by atoms with E-state index in [0.717, 1.165) is 25.7 Å². The number of ether oxygens (including phenoxy) is 1. The lowest BCUT2D eigenvalue weighted by atomic mass is 10.1. The van der Waals surface area contributed by atoms with Gasteiger partial charge in [0.05, 0.1) is 6.54 Å². The Labute approximate surface area is 142 Å². The molecule has 4 heteroatoms. The predicted octanol–water partition coefficient (Wildman–Crippen LogP) is 4.59. The fraction of sp³-hybridized carbons (Fsp3) is 0.611. The van der Waals surface area contributed by atoms with Crippen molar-refractivity contribution in [2.75, 3.05) is 20.2 Å². The molecule has 0 spiro atoms. The second-order valence-electron chi connectivity index (χ2n) is 5.67. The van der Waals surface area contributed by atoms with Crippen LogP contribution in [0.4, 0.5) is 0 Å². The van der Waals surface area contributed by atoms with Crippen LogP contribution >= 0.6 is 12.4 Å². The van der Waals surface area contributed by atoms with Crippen molar-refractivity contribution in [2.24, 2.45) is 0 Å². The molecule has 1 N–H and O–H groups in total. The van der Waals surface area contributed by atoms with Gasteiger partial charge in [0.1, 0.15) is 6.61 Å². The largest absolute Gasteiger partial charge is 0.460 e. The van der Waals surface area contributed by atoms with Crippen molar-refractivity contribution in [1.82, 2.24) is 5.32 Å². The third-order valence-electron chi connectivity index (χ3n) is 3.12. The van der Waals surface area contributed by atoms with E-state index in [0.29, 0.717) is 6.61 Å². The first-order valence-corrected chi connectivity index (χ1v) is 7.70. The number of halogens is 1. The van der Waals surface area contributed by atoms with Gasteiger partial charge in [-0.15, -0.1) is 12.4 Å². The Morgan fingerprint density at radius 1 is 0.955 bits per heavy atom. The molecule has 0 aromatic heterocycles. The average Bonchev–Trinajstić information content (AvgIpc) is 2.38. The Morgan fingerprint density at radius 3 is 2.05 bits per heavy atom. The molecule has 0 bridgehead atoms. The summed E-state index contributed by atoms with van der Waals surface area (Å²) in [5.41, 5.74) is 4.09. The van der Waals surface area contributed by atoms with Crippen LogP contribution in [0.5, 0.6) is 0 Å². The lowest BCUT2D eigenvalue weighted by Gasteiger charge is -2.03. The Balaban J connectivity index is 0. The molecule has 0 rings (SSSR count). The van der Waals surface area contributed by atoms with Crippen LogP contribution in [0, 0.1) is 0 Å². The normalized spacial score (nSPS) is 11.7. The summed E-state index contributed by atoms with van der Waals surface area (Å²) in [4.78, 5) is 11.1. The Hall–Kier alpha value is -1.06. The number of nitrogens with one attached hydrogen (secondary N) is 1. The van der Waals surface area contributed by atoms with E-state index in [1.807, 2.05) is 6.08 Å². The first-order valence-electron chi connectivity index (χ1n) is 7.70.